The minimum Gasteiger partial charge on any atom is -0.741 e. The molecule has 0 radical (unpaired) electrons. The molecular weight excluding hydrogens is 831 g/mol. The Balaban J connectivity index is 0.000000870. The normalized spacial score (nSPS) is 13.8. The average molecular weight is 867 g/mol. The van der Waals surface area contributed by atoms with E-state index in [1.807, 2.05) is 4.57 Å². The molecule has 0 saturated carbocycles. The van der Waals surface area contributed by atoms with Crippen molar-refractivity contribution in [1.29, 1.82) is 0 Å². The van der Waals surface area contributed by atoms with E-state index in [9.17, 15) is 58.7 Å². The Hall–Kier alpha value is -5.31. The van der Waals surface area contributed by atoms with Crippen molar-refractivity contribution in [2.75, 3.05) is 0 Å². The number of para-hydroxylation sites is 3. The van der Waals surface area contributed by atoms with Crippen LogP contribution in [0.25, 0.3) is 21.8 Å². The number of pyridine rings is 1. The number of imide groups is 1. The van der Waals surface area contributed by atoms with Crippen molar-refractivity contribution >= 4 is 55.7 Å². The van der Waals surface area contributed by atoms with E-state index in [1.54, 1.807) is 48.5 Å². The second kappa shape index (κ2) is 19.2. The first-order valence-electron chi connectivity index (χ1n) is 17.9. The van der Waals surface area contributed by atoms with Gasteiger partial charge in [0.2, 0.25) is 11.0 Å². The van der Waals surface area contributed by atoms with E-state index in [2.05, 4.69) is 0 Å². The molecule has 0 spiro atoms. The van der Waals surface area contributed by atoms with E-state index < -0.39 is 68.6 Å². The Kier molecular flexibility index (Phi) is 15.1. The van der Waals surface area contributed by atoms with Crippen LogP contribution < -0.4 is 9.30 Å². The van der Waals surface area contributed by atoms with Crippen LogP contribution >= 0.6 is 0 Å². The predicted molar refractivity (Wildman–Crippen MR) is 188 cm³/mol. The van der Waals surface area contributed by atoms with E-state index in [1.165, 1.54) is 0 Å². The SMILES string of the molecule is O=C(CCCCCCCCCC[n+]1c2ccccc2c(C(=O)Oc2c(C(F)(F)F)cccc2C(F)(F)F)c2ccccc21)ON1C(=O)CCC1=O.O=S(=O)([O-])C(F)(F)F. The van der Waals surface area contributed by atoms with Crippen LogP contribution in [0.4, 0.5) is 39.5 Å². The number of alkyl halides is 9. The maximum Gasteiger partial charge on any atom is 0.485 e. The first-order valence-corrected chi connectivity index (χ1v) is 19.3. The number of aryl methyl sites for hydroxylation is 1. The molecule has 11 nitrogen and oxygen atoms in total. The molecule has 0 aliphatic carbocycles. The predicted octanol–water partition coefficient (Wildman–Crippen LogP) is 8.71. The molecule has 0 unspecified atom stereocenters. The molecule has 0 atom stereocenters. The molecule has 1 aliphatic heterocycles. The second-order valence-electron chi connectivity index (χ2n) is 13.2. The van der Waals surface area contributed by atoms with Crippen molar-refractivity contribution in [2.45, 2.75) is 95.0 Å². The standard InChI is InChI=1S/C37H35F6N2O6.CHF3O3S/c38-36(39,40)26-16-13-17-27(37(41,42)43)34(26)50-35(49)33-24-14-8-10-18-28(24)44(29-19-11-9-15-25(29)33)23-12-6-4-2-1-3-5-7-20-32(48)51-45-30(46)21-22-31(45)47;2-1(3,4)8(5,6)7/h8-11,13-19H,1-7,12,20-23H2;(H,5,6,7)/q+1;/p-1. The summed E-state index contributed by atoms with van der Waals surface area (Å²) in [4.78, 5) is 53.6. The molecule has 1 fully saturated rings. The van der Waals surface area contributed by atoms with Crippen LogP contribution in [0.5, 0.6) is 5.75 Å². The lowest BCUT2D eigenvalue weighted by Gasteiger charge is -2.18. The number of benzene rings is 3. The summed E-state index contributed by atoms with van der Waals surface area (Å²) in [6.07, 6.45) is -3.48. The number of unbranched alkanes of at least 4 members (excludes halogenated alkanes) is 7. The van der Waals surface area contributed by atoms with Gasteiger partial charge in [-0.15, -0.1) is 5.06 Å². The lowest BCUT2D eigenvalue weighted by molar-refractivity contribution is -0.645. The molecule has 59 heavy (non-hydrogen) atoms. The number of ether oxygens (including phenoxy) is 1. The Morgan fingerprint density at radius 3 is 1.53 bits per heavy atom. The number of fused-ring (bicyclic) bond motifs is 2. The number of esters is 1. The average Bonchev–Trinajstić information content (AvgIpc) is 3.45. The summed E-state index contributed by atoms with van der Waals surface area (Å²) in [5.41, 5.74) is -8.07. The zero-order chi connectivity index (χ0) is 43.8. The van der Waals surface area contributed by atoms with E-state index in [0.29, 0.717) is 58.0 Å². The molecule has 2 heterocycles. The highest BCUT2D eigenvalue weighted by molar-refractivity contribution is 7.86. The second-order valence-corrected chi connectivity index (χ2v) is 14.5. The molecule has 4 aromatic rings. The fraction of sp³-hybridized carbons (Fsp3) is 0.395. The summed E-state index contributed by atoms with van der Waals surface area (Å²) in [5, 5.41) is 1.19. The minimum absolute atomic E-state index is 0.0468. The van der Waals surface area contributed by atoms with Crippen LogP contribution in [0.1, 0.15) is 92.1 Å². The molecule has 1 aliphatic rings. The van der Waals surface area contributed by atoms with Gasteiger partial charge in [0.25, 0.3) is 11.8 Å². The summed E-state index contributed by atoms with van der Waals surface area (Å²) in [6.45, 7) is 0.537. The number of hydrogen-bond acceptors (Lipinski definition) is 9. The van der Waals surface area contributed by atoms with Gasteiger partial charge in [-0.2, -0.15) is 44.1 Å². The third kappa shape index (κ3) is 12.1. The maximum atomic E-state index is 13.8. The molecule has 320 valence electrons. The van der Waals surface area contributed by atoms with E-state index in [-0.39, 0.29) is 24.8 Å². The van der Waals surface area contributed by atoms with Gasteiger partial charge in [0.15, 0.2) is 15.9 Å². The third-order valence-electron chi connectivity index (χ3n) is 8.95. The van der Waals surface area contributed by atoms with E-state index in [4.69, 9.17) is 22.5 Å². The molecular formula is C38H35F9N2O9S. The van der Waals surface area contributed by atoms with Crippen LogP contribution in [0, 0.1) is 0 Å². The van der Waals surface area contributed by atoms with Gasteiger partial charge in [-0.05, 0) is 37.1 Å². The van der Waals surface area contributed by atoms with Gasteiger partial charge < -0.3 is 14.1 Å². The largest absolute Gasteiger partial charge is 0.741 e. The smallest absolute Gasteiger partial charge is 0.485 e. The van der Waals surface area contributed by atoms with Crippen LogP contribution in [-0.2, 0) is 48.2 Å². The zero-order valence-electron chi connectivity index (χ0n) is 30.7. The van der Waals surface area contributed by atoms with Crippen LogP contribution in [-0.4, -0.2) is 47.3 Å². The third-order valence-corrected chi connectivity index (χ3v) is 9.51. The summed E-state index contributed by atoms with van der Waals surface area (Å²) >= 11 is 0. The van der Waals surface area contributed by atoms with Crippen molar-refractivity contribution in [3.63, 3.8) is 0 Å². The quantitative estimate of drug-likeness (QED) is 0.0140. The lowest BCUT2D eigenvalue weighted by Crippen LogP contribution is -2.36. The van der Waals surface area contributed by atoms with Gasteiger partial charge in [0.05, 0.1) is 27.5 Å². The van der Waals surface area contributed by atoms with Gasteiger partial charge >= 0.3 is 29.8 Å². The molecule has 5 rings (SSSR count). The molecule has 1 aromatic heterocycles. The van der Waals surface area contributed by atoms with E-state index >= 15 is 0 Å². The number of hydroxylamine groups is 2. The summed E-state index contributed by atoms with van der Waals surface area (Å²) in [7, 11) is -6.09. The number of halogens is 9. The number of hydrogen-bond donors (Lipinski definition) is 0. The number of carbonyl (C=O) groups excluding carboxylic acids is 4. The minimum atomic E-state index is -6.09. The molecule has 1 saturated heterocycles. The molecule has 0 bridgehead atoms. The maximum absolute atomic E-state index is 13.8. The number of aromatic nitrogens is 1. The van der Waals surface area contributed by atoms with Gasteiger partial charge in [0, 0.05) is 37.8 Å². The highest BCUT2D eigenvalue weighted by Crippen LogP contribution is 2.44. The molecule has 3 aromatic carbocycles. The van der Waals surface area contributed by atoms with Crippen molar-refractivity contribution in [2.24, 2.45) is 0 Å². The van der Waals surface area contributed by atoms with E-state index in [0.717, 1.165) is 44.9 Å². The first-order chi connectivity index (χ1) is 27.5. The van der Waals surface area contributed by atoms with Gasteiger partial charge in [-0.3, -0.25) is 9.59 Å². The Labute approximate surface area is 330 Å². The van der Waals surface area contributed by atoms with Crippen LogP contribution in [0.3, 0.4) is 0 Å². The molecule has 21 heteroatoms. The molecule has 0 N–H and O–H groups in total. The topological polar surface area (TPSA) is 151 Å². The fourth-order valence-corrected chi connectivity index (χ4v) is 6.22. The van der Waals surface area contributed by atoms with Crippen LogP contribution in [0.15, 0.2) is 66.7 Å². The lowest BCUT2D eigenvalue weighted by atomic mass is 10.0. The Bertz CT molecular complexity index is 2190. The van der Waals surface area contributed by atoms with Crippen molar-refractivity contribution < 1.29 is 85.8 Å². The zero-order valence-corrected chi connectivity index (χ0v) is 31.5. The highest BCUT2D eigenvalue weighted by atomic mass is 32.2. The van der Waals surface area contributed by atoms with Gasteiger partial charge in [0.1, 0.15) is 6.54 Å². The highest BCUT2D eigenvalue weighted by Gasteiger charge is 2.43. The van der Waals surface area contributed by atoms with Gasteiger partial charge in [-0.1, -0.05) is 62.4 Å². The van der Waals surface area contributed by atoms with Crippen molar-refractivity contribution in [3.8, 4) is 5.75 Å². The van der Waals surface area contributed by atoms with Crippen LogP contribution in [0.2, 0.25) is 0 Å². The number of carbonyl (C=O) groups is 4. The Morgan fingerprint density at radius 1 is 0.661 bits per heavy atom. The summed E-state index contributed by atoms with van der Waals surface area (Å²) in [5.74, 6) is -4.56. The number of rotatable bonds is 14. The number of amides is 2. The van der Waals surface area contributed by atoms with Gasteiger partial charge in [-0.25, -0.2) is 18.0 Å². The summed E-state index contributed by atoms with van der Waals surface area (Å²) in [6, 6.07) is 14.9. The Morgan fingerprint density at radius 2 is 1.08 bits per heavy atom. The molecule has 2 amide bonds. The first kappa shape index (κ1) is 46.4. The summed E-state index contributed by atoms with van der Waals surface area (Å²) < 4.78 is 149. The van der Waals surface area contributed by atoms with Crippen molar-refractivity contribution in [1.82, 2.24) is 5.06 Å². The fourth-order valence-electron chi connectivity index (χ4n) is 6.22. The monoisotopic (exact) mass is 866 g/mol. The van der Waals surface area contributed by atoms with Crippen molar-refractivity contribution in [3.05, 3.63) is 83.4 Å². The number of nitrogens with zero attached hydrogens (tertiary/aromatic N) is 2.